The number of hydrogen-bond acceptors (Lipinski definition) is 4. The lowest BCUT2D eigenvalue weighted by Gasteiger charge is -2.13. The second-order valence-electron chi connectivity index (χ2n) is 5.75. The number of urea groups is 1. The molecule has 0 saturated heterocycles. The largest absolute Gasteiger partial charge is 0.491 e. The molecule has 26 heavy (non-hydrogen) atoms. The summed E-state index contributed by atoms with van der Waals surface area (Å²) in [6, 6.07) is 14.2. The van der Waals surface area contributed by atoms with Crippen molar-refractivity contribution in [3.05, 3.63) is 59.7 Å². The Labute approximate surface area is 153 Å². The van der Waals surface area contributed by atoms with E-state index in [1.54, 1.807) is 24.3 Å². The number of amides is 2. The molecule has 3 N–H and O–H groups in total. The SMILES string of the molecule is Cc1ccccc1OCCNC(=O)NCc1ccccc1NS(C)(=O)=O. The second kappa shape index (κ2) is 9.10. The van der Waals surface area contributed by atoms with E-state index in [-0.39, 0.29) is 12.6 Å². The van der Waals surface area contributed by atoms with E-state index in [9.17, 15) is 13.2 Å². The Morgan fingerprint density at radius 3 is 2.46 bits per heavy atom. The van der Waals surface area contributed by atoms with Gasteiger partial charge in [0.25, 0.3) is 0 Å². The van der Waals surface area contributed by atoms with Crippen LogP contribution in [0.5, 0.6) is 5.75 Å². The highest BCUT2D eigenvalue weighted by Crippen LogP contribution is 2.16. The van der Waals surface area contributed by atoms with Gasteiger partial charge in [0.1, 0.15) is 12.4 Å². The van der Waals surface area contributed by atoms with Gasteiger partial charge in [0.05, 0.1) is 18.5 Å². The van der Waals surface area contributed by atoms with Crippen LogP contribution in [0.15, 0.2) is 48.5 Å². The molecule has 0 spiro atoms. The smallest absolute Gasteiger partial charge is 0.315 e. The van der Waals surface area contributed by atoms with Crippen molar-refractivity contribution >= 4 is 21.7 Å². The number of carbonyl (C=O) groups excluding carboxylic acids is 1. The van der Waals surface area contributed by atoms with E-state index in [0.717, 1.165) is 17.6 Å². The van der Waals surface area contributed by atoms with Crippen molar-refractivity contribution in [2.45, 2.75) is 13.5 Å². The Kier molecular flexibility index (Phi) is 6.85. The van der Waals surface area contributed by atoms with Gasteiger partial charge in [0.15, 0.2) is 0 Å². The van der Waals surface area contributed by atoms with E-state index >= 15 is 0 Å². The highest BCUT2D eigenvalue weighted by atomic mass is 32.2. The first kappa shape index (κ1) is 19.6. The van der Waals surface area contributed by atoms with Gasteiger partial charge in [-0.25, -0.2) is 13.2 Å². The lowest BCUT2D eigenvalue weighted by atomic mass is 10.2. The number of hydrogen-bond donors (Lipinski definition) is 3. The summed E-state index contributed by atoms with van der Waals surface area (Å²) >= 11 is 0. The third kappa shape index (κ3) is 6.64. The van der Waals surface area contributed by atoms with Gasteiger partial charge in [-0.15, -0.1) is 0 Å². The molecule has 0 aliphatic heterocycles. The zero-order valence-electron chi connectivity index (χ0n) is 14.8. The third-order valence-corrected chi connectivity index (χ3v) is 4.08. The maximum atomic E-state index is 11.9. The molecule has 0 unspecified atom stereocenters. The van der Waals surface area contributed by atoms with Crippen molar-refractivity contribution in [3.63, 3.8) is 0 Å². The van der Waals surface area contributed by atoms with E-state index in [0.29, 0.717) is 24.4 Å². The van der Waals surface area contributed by atoms with Crippen LogP contribution in [0.1, 0.15) is 11.1 Å². The zero-order valence-corrected chi connectivity index (χ0v) is 15.6. The fourth-order valence-electron chi connectivity index (χ4n) is 2.26. The van der Waals surface area contributed by atoms with E-state index < -0.39 is 10.0 Å². The molecule has 2 amide bonds. The van der Waals surface area contributed by atoms with Gasteiger partial charge < -0.3 is 15.4 Å². The van der Waals surface area contributed by atoms with Gasteiger partial charge in [0.2, 0.25) is 10.0 Å². The second-order valence-corrected chi connectivity index (χ2v) is 7.50. The van der Waals surface area contributed by atoms with Crippen LogP contribution in [0.3, 0.4) is 0 Å². The number of para-hydroxylation sites is 2. The molecule has 0 radical (unpaired) electrons. The van der Waals surface area contributed by atoms with Crippen LogP contribution in [0.2, 0.25) is 0 Å². The quantitative estimate of drug-likeness (QED) is 0.615. The molecule has 8 heteroatoms. The molecule has 2 aromatic carbocycles. The van der Waals surface area contributed by atoms with Crippen LogP contribution in [0, 0.1) is 6.92 Å². The monoisotopic (exact) mass is 377 g/mol. The first-order valence-electron chi connectivity index (χ1n) is 8.11. The number of benzene rings is 2. The molecule has 0 aromatic heterocycles. The van der Waals surface area contributed by atoms with Gasteiger partial charge in [-0.2, -0.15) is 0 Å². The summed E-state index contributed by atoms with van der Waals surface area (Å²) in [5.74, 6) is 0.787. The van der Waals surface area contributed by atoms with E-state index in [2.05, 4.69) is 15.4 Å². The molecule has 2 aromatic rings. The number of nitrogens with one attached hydrogen (secondary N) is 3. The number of aryl methyl sites for hydroxylation is 1. The standard InChI is InChI=1S/C18H23N3O4S/c1-14-7-3-6-10-17(14)25-12-11-19-18(22)20-13-15-8-4-5-9-16(15)21-26(2,23)24/h3-10,21H,11-13H2,1-2H3,(H2,19,20,22). The fraction of sp³-hybridized carbons (Fsp3) is 0.278. The minimum absolute atomic E-state index is 0.198. The van der Waals surface area contributed by atoms with Gasteiger partial charge >= 0.3 is 6.03 Å². The number of ether oxygens (including phenoxy) is 1. The molecule has 0 heterocycles. The number of rotatable bonds is 8. The van der Waals surface area contributed by atoms with Crippen LogP contribution in [0.4, 0.5) is 10.5 Å². The first-order valence-corrected chi connectivity index (χ1v) is 10.00. The van der Waals surface area contributed by atoms with Crippen molar-refractivity contribution in [3.8, 4) is 5.75 Å². The van der Waals surface area contributed by atoms with E-state index in [4.69, 9.17) is 4.74 Å². The molecule has 2 rings (SSSR count). The molecule has 0 atom stereocenters. The number of anilines is 1. The molecule has 0 saturated carbocycles. The van der Waals surface area contributed by atoms with Crippen LogP contribution < -0.4 is 20.1 Å². The average molecular weight is 377 g/mol. The molecule has 0 bridgehead atoms. The van der Waals surface area contributed by atoms with E-state index in [1.807, 2.05) is 31.2 Å². The fourth-order valence-corrected chi connectivity index (χ4v) is 2.85. The maximum absolute atomic E-state index is 11.9. The lowest BCUT2D eigenvalue weighted by molar-refractivity contribution is 0.236. The predicted molar refractivity (Wildman–Crippen MR) is 102 cm³/mol. The Hall–Kier alpha value is -2.74. The van der Waals surface area contributed by atoms with Gasteiger partial charge in [0, 0.05) is 6.54 Å². The zero-order chi connectivity index (χ0) is 19.0. The summed E-state index contributed by atoms with van der Waals surface area (Å²) in [4.78, 5) is 11.9. The Morgan fingerprint density at radius 1 is 1.04 bits per heavy atom. The Morgan fingerprint density at radius 2 is 1.73 bits per heavy atom. The molecule has 0 aliphatic rings. The summed E-state index contributed by atoms with van der Waals surface area (Å²) in [5.41, 5.74) is 2.15. The van der Waals surface area contributed by atoms with Crippen molar-refractivity contribution in [2.24, 2.45) is 0 Å². The normalized spacial score (nSPS) is 10.8. The van der Waals surface area contributed by atoms with Crippen LogP contribution in [0.25, 0.3) is 0 Å². The van der Waals surface area contributed by atoms with Crippen LogP contribution >= 0.6 is 0 Å². The molecular formula is C18H23N3O4S. The minimum Gasteiger partial charge on any atom is -0.491 e. The lowest BCUT2D eigenvalue weighted by Crippen LogP contribution is -2.37. The highest BCUT2D eigenvalue weighted by Gasteiger charge is 2.08. The summed E-state index contributed by atoms with van der Waals surface area (Å²) < 4.78 is 30.8. The summed E-state index contributed by atoms with van der Waals surface area (Å²) in [6.07, 6.45) is 1.08. The Bertz CT molecular complexity index is 853. The minimum atomic E-state index is -3.38. The molecular weight excluding hydrogens is 354 g/mol. The van der Waals surface area contributed by atoms with Gasteiger partial charge in [-0.1, -0.05) is 36.4 Å². The van der Waals surface area contributed by atoms with Gasteiger partial charge in [-0.05, 0) is 30.2 Å². The highest BCUT2D eigenvalue weighted by molar-refractivity contribution is 7.92. The third-order valence-electron chi connectivity index (χ3n) is 3.49. The average Bonchev–Trinajstić information content (AvgIpc) is 2.58. The summed E-state index contributed by atoms with van der Waals surface area (Å²) in [5, 5.41) is 5.39. The van der Waals surface area contributed by atoms with Crippen LogP contribution in [-0.4, -0.2) is 33.9 Å². The first-order chi connectivity index (χ1) is 12.3. The topological polar surface area (TPSA) is 96.5 Å². The number of carbonyl (C=O) groups is 1. The van der Waals surface area contributed by atoms with Crippen LogP contribution in [-0.2, 0) is 16.6 Å². The van der Waals surface area contributed by atoms with Crippen molar-refractivity contribution in [1.82, 2.24) is 10.6 Å². The van der Waals surface area contributed by atoms with Crippen molar-refractivity contribution in [1.29, 1.82) is 0 Å². The molecule has 0 fully saturated rings. The van der Waals surface area contributed by atoms with Crippen molar-refractivity contribution < 1.29 is 17.9 Å². The summed E-state index contributed by atoms with van der Waals surface area (Å²) in [6.45, 7) is 2.86. The number of sulfonamides is 1. The van der Waals surface area contributed by atoms with Gasteiger partial charge in [-0.3, -0.25) is 4.72 Å². The van der Waals surface area contributed by atoms with E-state index in [1.165, 1.54) is 0 Å². The van der Waals surface area contributed by atoms with Crippen molar-refractivity contribution in [2.75, 3.05) is 24.1 Å². The molecule has 140 valence electrons. The summed E-state index contributed by atoms with van der Waals surface area (Å²) in [7, 11) is -3.38. The predicted octanol–water partition coefficient (Wildman–Crippen LogP) is 2.24. The molecule has 0 aliphatic carbocycles. The Balaban J connectivity index is 1.76. The maximum Gasteiger partial charge on any atom is 0.315 e. The molecule has 7 nitrogen and oxygen atoms in total.